The van der Waals surface area contributed by atoms with Gasteiger partial charge in [0.2, 0.25) is 0 Å². The van der Waals surface area contributed by atoms with Crippen molar-refractivity contribution in [3.63, 3.8) is 0 Å². The molecule has 4 heteroatoms. The van der Waals surface area contributed by atoms with Crippen LogP contribution in [0, 0.1) is 36.5 Å². The quantitative estimate of drug-likeness (QED) is 0.875. The van der Waals surface area contributed by atoms with E-state index in [2.05, 4.69) is 15.2 Å². The fraction of sp³-hybridized carbons (Fsp3) is 0.867. The SMILES string of the molecule is Cc1nc(C(CN)C2C3CC4CC(C3)CC2C4)n[nH]1. The molecular weight excluding hydrogens is 236 g/mol. The molecule has 0 radical (unpaired) electrons. The van der Waals surface area contributed by atoms with E-state index in [1.54, 1.807) is 0 Å². The number of rotatable bonds is 3. The fourth-order valence-corrected chi connectivity index (χ4v) is 5.58. The molecular formula is C15H24N4. The highest BCUT2D eigenvalue weighted by atomic mass is 15.2. The van der Waals surface area contributed by atoms with Crippen molar-refractivity contribution in [3.8, 4) is 0 Å². The number of aromatic amines is 1. The lowest BCUT2D eigenvalue weighted by Crippen LogP contribution is -2.48. The number of hydrogen-bond acceptors (Lipinski definition) is 3. The van der Waals surface area contributed by atoms with Crippen LogP contribution in [0.25, 0.3) is 0 Å². The van der Waals surface area contributed by atoms with Crippen molar-refractivity contribution in [2.75, 3.05) is 6.54 Å². The van der Waals surface area contributed by atoms with Gasteiger partial charge in [-0.2, -0.15) is 5.10 Å². The minimum Gasteiger partial charge on any atom is -0.330 e. The van der Waals surface area contributed by atoms with E-state index in [9.17, 15) is 0 Å². The van der Waals surface area contributed by atoms with Crippen LogP contribution in [0.5, 0.6) is 0 Å². The molecule has 0 aliphatic heterocycles. The zero-order valence-electron chi connectivity index (χ0n) is 11.7. The van der Waals surface area contributed by atoms with E-state index >= 15 is 0 Å². The van der Waals surface area contributed by atoms with Crippen LogP contribution in [0.15, 0.2) is 0 Å². The second kappa shape index (κ2) is 4.30. The third-order valence-electron chi connectivity index (χ3n) is 5.96. The molecule has 0 aromatic carbocycles. The van der Waals surface area contributed by atoms with Crippen LogP contribution in [0.2, 0.25) is 0 Å². The summed E-state index contributed by atoms with van der Waals surface area (Å²) in [6.45, 7) is 2.67. The summed E-state index contributed by atoms with van der Waals surface area (Å²) in [7, 11) is 0. The number of aryl methyl sites for hydroxylation is 1. The molecule has 4 aliphatic rings. The van der Waals surface area contributed by atoms with Gasteiger partial charge in [-0.05, 0) is 68.6 Å². The second-order valence-corrected chi connectivity index (χ2v) is 7.13. The van der Waals surface area contributed by atoms with Gasteiger partial charge in [-0.1, -0.05) is 0 Å². The van der Waals surface area contributed by atoms with Crippen LogP contribution >= 0.6 is 0 Å². The summed E-state index contributed by atoms with van der Waals surface area (Å²) in [6.07, 6.45) is 7.27. The molecule has 3 N–H and O–H groups in total. The molecule has 4 bridgehead atoms. The van der Waals surface area contributed by atoms with Crippen molar-refractivity contribution in [2.24, 2.45) is 35.3 Å². The molecule has 1 atom stereocenters. The van der Waals surface area contributed by atoms with Gasteiger partial charge in [0, 0.05) is 12.5 Å². The summed E-state index contributed by atoms with van der Waals surface area (Å²) in [4.78, 5) is 4.57. The minimum atomic E-state index is 0.375. The van der Waals surface area contributed by atoms with Crippen molar-refractivity contribution in [3.05, 3.63) is 11.6 Å². The monoisotopic (exact) mass is 260 g/mol. The first-order chi connectivity index (χ1) is 9.24. The van der Waals surface area contributed by atoms with Gasteiger partial charge < -0.3 is 5.73 Å². The predicted octanol–water partition coefficient (Wildman–Crippen LogP) is 2.23. The number of aromatic nitrogens is 3. The van der Waals surface area contributed by atoms with Crippen LogP contribution in [0.1, 0.15) is 49.7 Å². The largest absolute Gasteiger partial charge is 0.330 e. The van der Waals surface area contributed by atoms with Gasteiger partial charge >= 0.3 is 0 Å². The van der Waals surface area contributed by atoms with Crippen LogP contribution < -0.4 is 5.73 Å². The maximum Gasteiger partial charge on any atom is 0.155 e. The molecule has 4 saturated carbocycles. The minimum absolute atomic E-state index is 0.375. The van der Waals surface area contributed by atoms with Gasteiger partial charge in [0.25, 0.3) is 0 Å². The summed E-state index contributed by atoms with van der Waals surface area (Å²) < 4.78 is 0. The van der Waals surface area contributed by atoms with Gasteiger partial charge in [0.05, 0.1) is 0 Å². The Morgan fingerprint density at radius 1 is 1.16 bits per heavy atom. The molecule has 1 aromatic heterocycles. The Labute approximate surface area is 114 Å². The summed E-state index contributed by atoms with van der Waals surface area (Å²) in [5.74, 6) is 6.83. The van der Waals surface area contributed by atoms with Gasteiger partial charge in [0.1, 0.15) is 5.82 Å². The molecule has 4 aliphatic carbocycles. The van der Waals surface area contributed by atoms with E-state index in [0.29, 0.717) is 12.5 Å². The van der Waals surface area contributed by atoms with E-state index in [1.165, 1.54) is 32.1 Å². The lowest BCUT2D eigenvalue weighted by molar-refractivity contribution is -0.0477. The van der Waals surface area contributed by atoms with Crippen molar-refractivity contribution in [1.82, 2.24) is 15.2 Å². The van der Waals surface area contributed by atoms with E-state index in [0.717, 1.165) is 41.2 Å². The highest BCUT2D eigenvalue weighted by Crippen LogP contribution is 2.59. The molecule has 0 spiro atoms. The normalized spacial score (nSPS) is 41.7. The number of nitrogens with zero attached hydrogens (tertiary/aromatic N) is 2. The molecule has 19 heavy (non-hydrogen) atoms. The number of nitrogens with two attached hydrogens (primary N) is 1. The molecule has 0 saturated heterocycles. The summed E-state index contributed by atoms with van der Waals surface area (Å²) in [6, 6.07) is 0. The van der Waals surface area contributed by atoms with Gasteiger partial charge in [-0.3, -0.25) is 5.10 Å². The number of nitrogens with one attached hydrogen (secondary N) is 1. The first-order valence-electron chi connectivity index (χ1n) is 7.83. The summed E-state index contributed by atoms with van der Waals surface area (Å²) >= 11 is 0. The van der Waals surface area contributed by atoms with Gasteiger partial charge in [-0.15, -0.1) is 0 Å². The molecule has 104 valence electrons. The van der Waals surface area contributed by atoms with E-state index in [4.69, 9.17) is 5.73 Å². The van der Waals surface area contributed by atoms with Crippen molar-refractivity contribution in [2.45, 2.75) is 44.9 Å². The molecule has 1 unspecified atom stereocenters. The molecule has 4 nitrogen and oxygen atoms in total. The molecule has 0 amide bonds. The standard InChI is InChI=1S/C15H24N4/c1-8-17-15(19-18-8)13(7-16)14-11-3-9-2-10(5-11)6-12(14)4-9/h9-14H,2-7,16H2,1H3,(H,17,18,19). The number of hydrogen-bond donors (Lipinski definition) is 2. The Hall–Kier alpha value is -0.900. The highest BCUT2D eigenvalue weighted by molar-refractivity contribution is 5.08. The Morgan fingerprint density at radius 2 is 1.79 bits per heavy atom. The summed E-state index contributed by atoms with van der Waals surface area (Å²) in [5.41, 5.74) is 6.10. The fourth-order valence-electron chi connectivity index (χ4n) is 5.58. The third kappa shape index (κ3) is 1.83. The van der Waals surface area contributed by atoms with Crippen molar-refractivity contribution >= 4 is 0 Å². The Kier molecular flexibility index (Phi) is 2.69. The molecule has 1 heterocycles. The van der Waals surface area contributed by atoms with E-state index < -0.39 is 0 Å². The van der Waals surface area contributed by atoms with Gasteiger partial charge in [-0.25, -0.2) is 4.98 Å². The topological polar surface area (TPSA) is 67.6 Å². The van der Waals surface area contributed by atoms with Gasteiger partial charge in [0.15, 0.2) is 5.82 Å². The lowest BCUT2D eigenvalue weighted by Gasteiger charge is -2.56. The predicted molar refractivity (Wildman–Crippen MR) is 73.5 cm³/mol. The number of H-pyrrole nitrogens is 1. The Bertz CT molecular complexity index is 438. The average molecular weight is 260 g/mol. The van der Waals surface area contributed by atoms with Crippen LogP contribution in [-0.2, 0) is 0 Å². The first kappa shape index (κ1) is 11.9. The van der Waals surface area contributed by atoms with E-state index in [1.807, 2.05) is 6.92 Å². The Balaban J connectivity index is 1.63. The second-order valence-electron chi connectivity index (χ2n) is 7.13. The van der Waals surface area contributed by atoms with Crippen LogP contribution in [-0.4, -0.2) is 21.7 Å². The molecule has 1 aromatic rings. The Morgan fingerprint density at radius 3 is 2.26 bits per heavy atom. The van der Waals surface area contributed by atoms with Crippen molar-refractivity contribution in [1.29, 1.82) is 0 Å². The van der Waals surface area contributed by atoms with Crippen LogP contribution in [0.3, 0.4) is 0 Å². The lowest BCUT2D eigenvalue weighted by atomic mass is 9.49. The highest BCUT2D eigenvalue weighted by Gasteiger charge is 2.51. The third-order valence-corrected chi connectivity index (χ3v) is 5.96. The molecule has 4 fully saturated rings. The maximum absolute atomic E-state index is 6.10. The zero-order valence-corrected chi connectivity index (χ0v) is 11.7. The smallest absolute Gasteiger partial charge is 0.155 e. The van der Waals surface area contributed by atoms with Crippen LogP contribution in [0.4, 0.5) is 0 Å². The first-order valence-corrected chi connectivity index (χ1v) is 7.83. The van der Waals surface area contributed by atoms with Crippen molar-refractivity contribution < 1.29 is 0 Å². The maximum atomic E-state index is 6.10. The zero-order chi connectivity index (χ0) is 13.0. The average Bonchev–Trinajstić information content (AvgIpc) is 2.79. The van der Waals surface area contributed by atoms with E-state index in [-0.39, 0.29) is 0 Å². The summed E-state index contributed by atoms with van der Waals surface area (Å²) in [5, 5.41) is 7.39. The molecule has 5 rings (SSSR count).